The van der Waals surface area contributed by atoms with Crippen molar-refractivity contribution in [3.05, 3.63) is 59.4 Å². The van der Waals surface area contributed by atoms with Crippen molar-refractivity contribution in [1.29, 1.82) is 0 Å². The standard InChI is InChI=1S/C18H20N2O3/c1-12-6-7-14(10-19-12)18(22)20-11-15(21)9-17(20)13-4-3-5-16(8-13)23-2/h3-8,10,15,17,21H,9,11H2,1-2H3/t15-,17+/m1/s1. The van der Waals surface area contributed by atoms with E-state index in [0.717, 1.165) is 17.0 Å². The van der Waals surface area contributed by atoms with Crippen LogP contribution < -0.4 is 4.74 Å². The molecule has 0 saturated carbocycles. The van der Waals surface area contributed by atoms with Crippen molar-refractivity contribution in [1.82, 2.24) is 9.88 Å². The number of ether oxygens (including phenoxy) is 1. The molecule has 1 amide bonds. The predicted octanol–water partition coefficient (Wildman–Crippen LogP) is 2.35. The molecule has 23 heavy (non-hydrogen) atoms. The van der Waals surface area contributed by atoms with Crippen LogP contribution in [0.4, 0.5) is 0 Å². The Balaban J connectivity index is 1.89. The van der Waals surface area contributed by atoms with Crippen LogP contribution in [0.25, 0.3) is 0 Å². The Bertz CT molecular complexity index is 700. The molecule has 2 atom stereocenters. The third-order valence-electron chi connectivity index (χ3n) is 4.18. The summed E-state index contributed by atoms with van der Waals surface area (Å²) in [6.07, 6.45) is 1.59. The minimum Gasteiger partial charge on any atom is -0.497 e. The third-order valence-corrected chi connectivity index (χ3v) is 4.18. The molecule has 1 aromatic heterocycles. The Labute approximate surface area is 135 Å². The van der Waals surface area contributed by atoms with E-state index in [9.17, 15) is 9.90 Å². The Morgan fingerprint density at radius 3 is 2.87 bits per heavy atom. The lowest BCUT2D eigenvalue weighted by Crippen LogP contribution is -2.31. The van der Waals surface area contributed by atoms with Gasteiger partial charge in [0.05, 0.1) is 24.8 Å². The molecule has 1 saturated heterocycles. The van der Waals surface area contributed by atoms with E-state index in [2.05, 4.69) is 4.98 Å². The molecular weight excluding hydrogens is 292 g/mol. The lowest BCUT2D eigenvalue weighted by atomic mass is 10.0. The van der Waals surface area contributed by atoms with Gasteiger partial charge < -0.3 is 14.7 Å². The second kappa shape index (κ2) is 6.38. The van der Waals surface area contributed by atoms with E-state index >= 15 is 0 Å². The number of methoxy groups -OCH3 is 1. The molecule has 0 radical (unpaired) electrons. The van der Waals surface area contributed by atoms with E-state index in [4.69, 9.17) is 4.74 Å². The number of pyridine rings is 1. The number of aliphatic hydroxyl groups excluding tert-OH is 1. The van der Waals surface area contributed by atoms with Gasteiger partial charge in [-0.3, -0.25) is 9.78 Å². The Hall–Kier alpha value is -2.40. The minimum absolute atomic E-state index is 0.109. The second-order valence-corrected chi connectivity index (χ2v) is 5.83. The van der Waals surface area contributed by atoms with Crippen molar-refractivity contribution >= 4 is 5.91 Å². The van der Waals surface area contributed by atoms with Crippen LogP contribution >= 0.6 is 0 Å². The molecule has 2 heterocycles. The van der Waals surface area contributed by atoms with Gasteiger partial charge in [0.25, 0.3) is 5.91 Å². The first-order chi connectivity index (χ1) is 11.1. The van der Waals surface area contributed by atoms with Gasteiger partial charge >= 0.3 is 0 Å². The van der Waals surface area contributed by atoms with Gasteiger partial charge in [0.2, 0.25) is 0 Å². The molecule has 1 aromatic carbocycles. The molecule has 5 nitrogen and oxygen atoms in total. The van der Waals surface area contributed by atoms with E-state index in [1.807, 2.05) is 37.3 Å². The number of likely N-dealkylation sites (tertiary alicyclic amines) is 1. The summed E-state index contributed by atoms with van der Waals surface area (Å²) in [5.41, 5.74) is 2.37. The zero-order valence-corrected chi connectivity index (χ0v) is 13.3. The molecule has 1 aliphatic rings. The zero-order valence-electron chi connectivity index (χ0n) is 13.3. The minimum atomic E-state index is -0.520. The smallest absolute Gasteiger partial charge is 0.256 e. The maximum atomic E-state index is 12.8. The number of hydrogen-bond acceptors (Lipinski definition) is 4. The van der Waals surface area contributed by atoms with Gasteiger partial charge in [-0.05, 0) is 43.2 Å². The van der Waals surface area contributed by atoms with Crippen LogP contribution in [0, 0.1) is 6.92 Å². The zero-order chi connectivity index (χ0) is 16.4. The largest absolute Gasteiger partial charge is 0.497 e. The first-order valence-electron chi connectivity index (χ1n) is 7.64. The van der Waals surface area contributed by atoms with Crippen molar-refractivity contribution in [2.75, 3.05) is 13.7 Å². The maximum Gasteiger partial charge on any atom is 0.256 e. The van der Waals surface area contributed by atoms with Crippen molar-refractivity contribution in [3.8, 4) is 5.75 Å². The quantitative estimate of drug-likeness (QED) is 0.945. The summed E-state index contributed by atoms with van der Waals surface area (Å²) in [5.74, 6) is 0.634. The number of β-amino-alcohol motifs (C(OH)–C–C–N with tert-alkyl or cyclic N) is 1. The van der Waals surface area contributed by atoms with Gasteiger partial charge in [-0.25, -0.2) is 0 Å². The van der Waals surface area contributed by atoms with Crippen molar-refractivity contribution < 1.29 is 14.6 Å². The number of hydrogen-bond donors (Lipinski definition) is 1. The summed E-state index contributed by atoms with van der Waals surface area (Å²) >= 11 is 0. The molecular formula is C18H20N2O3. The first kappa shape index (κ1) is 15.5. The fourth-order valence-corrected chi connectivity index (χ4v) is 2.96. The SMILES string of the molecule is COc1cccc([C@@H]2C[C@@H](O)CN2C(=O)c2ccc(C)nc2)c1. The normalized spacial score (nSPS) is 20.6. The third kappa shape index (κ3) is 3.19. The molecule has 0 bridgehead atoms. The Morgan fingerprint density at radius 2 is 2.17 bits per heavy atom. The van der Waals surface area contributed by atoms with E-state index in [-0.39, 0.29) is 11.9 Å². The highest BCUT2D eigenvalue weighted by Gasteiger charge is 2.35. The van der Waals surface area contributed by atoms with Crippen LogP contribution in [0.2, 0.25) is 0 Å². The number of benzene rings is 1. The van der Waals surface area contributed by atoms with Gasteiger partial charge in [0.1, 0.15) is 5.75 Å². The van der Waals surface area contributed by atoms with Gasteiger partial charge in [0.15, 0.2) is 0 Å². The first-order valence-corrected chi connectivity index (χ1v) is 7.64. The highest BCUT2D eigenvalue weighted by Crippen LogP contribution is 2.34. The number of rotatable bonds is 3. The van der Waals surface area contributed by atoms with Gasteiger partial charge in [-0.15, -0.1) is 0 Å². The summed E-state index contributed by atoms with van der Waals surface area (Å²) in [6, 6.07) is 11.1. The number of aryl methyl sites for hydroxylation is 1. The Kier molecular flexibility index (Phi) is 4.30. The highest BCUT2D eigenvalue weighted by molar-refractivity contribution is 5.94. The van der Waals surface area contributed by atoms with E-state index in [1.165, 1.54) is 0 Å². The van der Waals surface area contributed by atoms with Gasteiger partial charge in [0, 0.05) is 18.4 Å². The van der Waals surface area contributed by atoms with E-state index in [1.54, 1.807) is 24.3 Å². The molecule has 1 aliphatic heterocycles. The van der Waals surface area contributed by atoms with Crippen molar-refractivity contribution in [3.63, 3.8) is 0 Å². The predicted molar refractivity (Wildman–Crippen MR) is 86.4 cm³/mol. The molecule has 2 aromatic rings. The van der Waals surface area contributed by atoms with Crippen LogP contribution in [0.5, 0.6) is 5.75 Å². The van der Waals surface area contributed by atoms with Crippen LogP contribution in [0.1, 0.15) is 34.1 Å². The number of amides is 1. The number of nitrogens with zero attached hydrogens (tertiary/aromatic N) is 2. The molecule has 3 rings (SSSR count). The summed E-state index contributed by atoms with van der Waals surface area (Å²) in [4.78, 5) is 18.7. The fraction of sp³-hybridized carbons (Fsp3) is 0.333. The molecule has 5 heteroatoms. The lowest BCUT2D eigenvalue weighted by molar-refractivity contribution is 0.0715. The molecule has 0 unspecified atom stereocenters. The monoisotopic (exact) mass is 312 g/mol. The number of carbonyl (C=O) groups excluding carboxylic acids is 1. The number of aromatic nitrogens is 1. The van der Waals surface area contributed by atoms with Crippen LogP contribution in [-0.2, 0) is 0 Å². The number of aliphatic hydroxyl groups is 1. The van der Waals surface area contributed by atoms with Crippen molar-refractivity contribution in [2.45, 2.75) is 25.5 Å². The molecule has 1 fully saturated rings. The summed E-state index contributed by atoms with van der Waals surface area (Å²) in [7, 11) is 1.61. The van der Waals surface area contributed by atoms with Crippen LogP contribution in [-0.4, -0.2) is 40.7 Å². The number of carbonyl (C=O) groups is 1. The summed E-state index contributed by atoms with van der Waals surface area (Å²) in [5, 5.41) is 10.1. The topological polar surface area (TPSA) is 62.7 Å². The molecule has 0 spiro atoms. The molecule has 120 valence electrons. The molecule has 0 aliphatic carbocycles. The van der Waals surface area contributed by atoms with Gasteiger partial charge in [-0.1, -0.05) is 12.1 Å². The fourth-order valence-electron chi connectivity index (χ4n) is 2.96. The van der Waals surface area contributed by atoms with Crippen LogP contribution in [0.3, 0.4) is 0 Å². The molecule has 1 N–H and O–H groups in total. The summed E-state index contributed by atoms with van der Waals surface area (Å²) < 4.78 is 5.26. The maximum absolute atomic E-state index is 12.8. The Morgan fingerprint density at radius 1 is 1.35 bits per heavy atom. The highest BCUT2D eigenvalue weighted by atomic mass is 16.5. The van der Waals surface area contributed by atoms with E-state index < -0.39 is 6.10 Å². The van der Waals surface area contributed by atoms with Crippen LogP contribution in [0.15, 0.2) is 42.6 Å². The van der Waals surface area contributed by atoms with E-state index in [0.29, 0.717) is 18.5 Å². The van der Waals surface area contributed by atoms with Gasteiger partial charge in [-0.2, -0.15) is 0 Å². The average Bonchev–Trinajstić information content (AvgIpc) is 2.97. The second-order valence-electron chi connectivity index (χ2n) is 5.83. The lowest BCUT2D eigenvalue weighted by Gasteiger charge is -2.25. The summed E-state index contributed by atoms with van der Waals surface area (Å²) in [6.45, 7) is 2.21. The average molecular weight is 312 g/mol. The van der Waals surface area contributed by atoms with Crippen molar-refractivity contribution in [2.24, 2.45) is 0 Å².